The lowest BCUT2D eigenvalue weighted by Gasteiger charge is -2.37. The Hall–Kier alpha value is -1.45. The van der Waals surface area contributed by atoms with Gasteiger partial charge in [0, 0.05) is 0 Å². The van der Waals surface area contributed by atoms with Crippen molar-refractivity contribution in [3.63, 3.8) is 0 Å². The highest BCUT2D eigenvalue weighted by Crippen LogP contribution is 2.36. The van der Waals surface area contributed by atoms with Gasteiger partial charge in [-0.1, -0.05) is 30.3 Å². The van der Waals surface area contributed by atoms with Crippen LogP contribution in [-0.2, 0) is 9.48 Å². The minimum Gasteiger partial charge on any atom is -0.457 e. The summed E-state index contributed by atoms with van der Waals surface area (Å²) in [6.07, 6.45) is 0. The van der Waals surface area contributed by atoms with Crippen LogP contribution in [0.25, 0.3) is 0 Å². The molecule has 0 unspecified atom stereocenters. The van der Waals surface area contributed by atoms with E-state index in [1.165, 1.54) is 5.56 Å². The van der Waals surface area contributed by atoms with E-state index < -0.39 is 0 Å². The van der Waals surface area contributed by atoms with Gasteiger partial charge in [0.2, 0.25) is 0 Å². The summed E-state index contributed by atoms with van der Waals surface area (Å²) >= 11 is 4.63. The van der Waals surface area contributed by atoms with Crippen LogP contribution in [0.15, 0.2) is 54.6 Å². The first-order valence-electron chi connectivity index (χ1n) is 5.90. The molecule has 3 rings (SSSR count). The highest BCUT2D eigenvalue weighted by atomic mass is 32.1. The van der Waals surface area contributed by atoms with Gasteiger partial charge in [0.1, 0.15) is 11.5 Å². The average molecular weight is 258 g/mol. The topological polar surface area (TPSA) is 18.5 Å². The summed E-state index contributed by atoms with van der Waals surface area (Å²) in [5.41, 5.74) is 1.18. The number of benzene rings is 2. The molecule has 92 valence electrons. The lowest BCUT2D eigenvalue weighted by molar-refractivity contribution is -0.00970. The van der Waals surface area contributed by atoms with Gasteiger partial charge in [-0.05, 0) is 29.8 Å². The molecule has 2 nitrogen and oxygen atoms in total. The normalized spacial score (nSPS) is 16.9. The number of hydrogen-bond donors (Lipinski definition) is 1. The molecular weight excluding hydrogens is 244 g/mol. The second kappa shape index (κ2) is 4.67. The van der Waals surface area contributed by atoms with E-state index in [2.05, 4.69) is 12.6 Å². The number of hydrogen-bond acceptors (Lipinski definition) is 3. The van der Waals surface area contributed by atoms with Crippen LogP contribution >= 0.6 is 12.6 Å². The van der Waals surface area contributed by atoms with E-state index in [9.17, 15) is 0 Å². The molecular formula is C15H14O2S. The number of thiol groups is 1. The van der Waals surface area contributed by atoms with Crippen molar-refractivity contribution >= 4 is 12.6 Å². The van der Waals surface area contributed by atoms with Gasteiger partial charge >= 0.3 is 0 Å². The predicted molar refractivity (Wildman–Crippen MR) is 74.4 cm³/mol. The zero-order chi connectivity index (χ0) is 12.4. The minimum absolute atomic E-state index is 0.120. The van der Waals surface area contributed by atoms with Gasteiger partial charge in [-0.3, -0.25) is 0 Å². The van der Waals surface area contributed by atoms with Gasteiger partial charge in [-0.25, -0.2) is 0 Å². The van der Waals surface area contributed by atoms with Gasteiger partial charge in [0.15, 0.2) is 0 Å². The largest absolute Gasteiger partial charge is 0.457 e. The van der Waals surface area contributed by atoms with E-state index in [0.29, 0.717) is 13.2 Å². The van der Waals surface area contributed by atoms with E-state index in [-0.39, 0.29) is 4.75 Å². The third-order valence-electron chi connectivity index (χ3n) is 3.05. The van der Waals surface area contributed by atoms with E-state index in [0.717, 1.165) is 11.5 Å². The molecule has 1 fully saturated rings. The van der Waals surface area contributed by atoms with Crippen LogP contribution in [-0.4, -0.2) is 13.2 Å². The summed E-state index contributed by atoms with van der Waals surface area (Å²) in [7, 11) is 0. The lowest BCUT2D eigenvalue weighted by Crippen LogP contribution is -2.41. The summed E-state index contributed by atoms with van der Waals surface area (Å²) in [4.78, 5) is 0. The van der Waals surface area contributed by atoms with Gasteiger partial charge in [0.05, 0.1) is 18.0 Å². The average Bonchev–Trinajstić information content (AvgIpc) is 2.38. The molecule has 1 aliphatic heterocycles. The first-order chi connectivity index (χ1) is 8.76. The Labute approximate surface area is 112 Å². The molecule has 18 heavy (non-hydrogen) atoms. The van der Waals surface area contributed by atoms with Crippen molar-refractivity contribution in [3.8, 4) is 11.5 Å². The standard InChI is InChI=1S/C15H14O2S/c18-15(10-16-11-15)12-6-8-14(9-7-12)17-13-4-2-1-3-5-13/h1-9,18H,10-11H2. The highest BCUT2D eigenvalue weighted by molar-refractivity contribution is 7.81. The number of ether oxygens (including phenoxy) is 2. The molecule has 0 spiro atoms. The minimum atomic E-state index is -0.120. The fourth-order valence-electron chi connectivity index (χ4n) is 1.92. The van der Waals surface area contributed by atoms with Gasteiger partial charge in [-0.15, -0.1) is 0 Å². The third-order valence-corrected chi connectivity index (χ3v) is 3.57. The van der Waals surface area contributed by atoms with Crippen LogP contribution in [0.5, 0.6) is 11.5 Å². The fraction of sp³-hybridized carbons (Fsp3) is 0.200. The van der Waals surface area contributed by atoms with Crippen LogP contribution < -0.4 is 4.74 Å². The first kappa shape index (κ1) is 11.6. The Morgan fingerprint density at radius 1 is 0.889 bits per heavy atom. The summed E-state index contributed by atoms with van der Waals surface area (Å²) in [5, 5.41) is 0. The van der Waals surface area contributed by atoms with Gasteiger partial charge in [0.25, 0.3) is 0 Å². The molecule has 2 aromatic carbocycles. The van der Waals surface area contributed by atoms with Crippen LogP contribution in [0.2, 0.25) is 0 Å². The van der Waals surface area contributed by atoms with Crippen molar-refractivity contribution in [3.05, 3.63) is 60.2 Å². The second-order valence-corrected chi connectivity index (χ2v) is 5.32. The maximum absolute atomic E-state index is 5.74. The Morgan fingerprint density at radius 3 is 2.06 bits per heavy atom. The summed E-state index contributed by atoms with van der Waals surface area (Å²) in [6, 6.07) is 17.8. The SMILES string of the molecule is SC1(c2ccc(Oc3ccccc3)cc2)COC1. The van der Waals surface area contributed by atoms with Crippen LogP contribution in [0, 0.1) is 0 Å². The molecule has 2 aromatic rings. The molecule has 3 heteroatoms. The van der Waals surface area contributed by atoms with Gasteiger partial charge < -0.3 is 9.47 Å². The molecule has 0 radical (unpaired) electrons. The van der Waals surface area contributed by atoms with Crippen molar-refractivity contribution in [2.24, 2.45) is 0 Å². The third kappa shape index (κ3) is 2.24. The second-order valence-electron chi connectivity index (χ2n) is 4.46. The first-order valence-corrected chi connectivity index (χ1v) is 6.35. The maximum atomic E-state index is 5.74. The van der Waals surface area contributed by atoms with Crippen molar-refractivity contribution in [2.75, 3.05) is 13.2 Å². The molecule has 1 aliphatic rings. The van der Waals surface area contributed by atoms with Crippen molar-refractivity contribution in [1.82, 2.24) is 0 Å². The lowest BCUT2D eigenvalue weighted by atomic mass is 9.96. The zero-order valence-corrected chi connectivity index (χ0v) is 10.8. The fourth-order valence-corrected chi connectivity index (χ4v) is 2.25. The summed E-state index contributed by atoms with van der Waals surface area (Å²) in [5.74, 6) is 1.68. The number of para-hydroxylation sites is 1. The van der Waals surface area contributed by atoms with E-state index in [1.54, 1.807) is 0 Å². The molecule has 0 N–H and O–H groups in total. The quantitative estimate of drug-likeness (QED) is 0.847. The Kier molecular flexibility index (Phi) is 3.02. The Bertz CT molecular complexity index is 518. The van der Waals surface area contributed by atoms with Crippen molar-refractivity contribution in [1.29, 1.82) is 0 Å². The van der Waals surface area contributed by atoms with E-state index >= 15 is 0 Å². The smallest absolute Gasteiger partial charge is 0.127 e. The van der Waals surface area contributed by atoms with Crippen molar-refractivity contribution in [2.45, 2.75) is 4.75 Å². The molecule has 0 aliphatic carbocycles. The van der Waals surface area contributed by atoms with E-state index in [4.69, 9.17) is 9.47 Å². The maximum Gasteiger partial charge on any atom is 0.127 e. The highest BCUT2D eigenvalue weighted by Gasteiger charge is 2.36. The monoisotopic (exact) mass is 258 g/mol. The van der Waals surface area contributed by atoms with Crippen LogP contribution in [0.3, 0.4) is 0 Å². The summed E-state index contributed by atoms with van der Waals surface area (Å²) < 4.78 is 10.8. The molecule has 1 heterocycles. The molecule has 1 saturated heterocycles. The summed E-state index contributed by atoms with van der Waals surface area (Å²) in [6.45, 7) is 1.35. The Morgan fingerprint density at radius 2 is 1.50 bits per heavy atom. The van der Waals surface area contributed by atoms with E-state index in [1.807, 2.05) is 54.6 Å². The molecule has 0 saturated carbocycles. The number of rotatable bonds is 3. The molecule has 0 atom stereocenters. The Balaban J connectivity index is 1.75. The van der Waals surface area contributed by atoms with Crippen LogP contribution in [0.1, 0.15) is 5.56 Å². The molecule has 0 bridgehead atoms. The van der Waals surface area contributed by atoms with Crippen LogP contribution in [0.4, 0.5) is 0 Å². The molecule has 0 aromatic heterocycles. The van der Waals surface area contributed by atoms with Crippen molar-refractivity contribution < 1.29 is 9.47 Å². The zero-order valence-electron chi connectivity index (χ0n) is 9.87. The predicted octanol–water partition coefficient (Wildman–Crippen LogP) is 3.63. The van der Waals surface area contributed by atoms with Gasteiger partial charge in [-0.2, -0.15) is 12.6 Å². The molecule has 0 amide bonds.